The largest absolute Gasteiger partial charge is 0.480 e. The van der Waals surface area contributed by atoms with E-state index in [9.17, 15) is 27.2 Å². The number of piperidine rings is 2. The Bertz CT molecular complexity index is 3390. The number of halogens is 7. The van der Waals surface area contributed by atoms with Crippen molar-refractivity contribution >= 4 is 107 Å². The fraction of sp³-hybridized carbons (Fsp3) is 0.281. The molecule has 2 fully saturated rings. The lowest BCUT2D eigenvalue weighted by atomic mass is 9.94. The van der Waals surface area contributed by atoms with Crippen molar-refractivity contribution in [2.24, 2.45) is 0 Å². The molecule has 0 bridgehead atoms. The number of anilines is 10. The Kier molecular flexibility index (Phi) is 24.8. The maximum atomic E-state index is 15.4. The maximum Gasteiger partial charge on any atom is 0.332 e. The summed E-state index contributed by atoms with van der Waals surface area (Å²) in [6.07, 6.45) is 7.29. The van der Waals surface area contributed by atoms with E-state index < -0.39 is 35.5 Å². The molecule has 8 aromatic rings. The second-order valence-electron chi connectivity index (χ2n) is 21.0. The van der Waals surface area contributed by atoms with Gasteiger partial charge in [-0.3, -0.25) is 19.8 Å². The predicted octanol–water partition coefficient (Wildman–Crippen LogP) is 15.6. The molecular formula is C64H66F5I2N9O6. The summed E-state index contributed by atoms with van der Waals surface area (Å²) in [7, 11) is 0. The van der Waals surface area contributed by atoms with Gasteiger partial charge in [0.25, 0.3) is 0 Å². The van der Waals surface area contributed by atoms with Crippen LogP contribution in [0, 0.1) is 17.5 Å². The van der Waals surface area contributed by atoms with Crippen LogP contribution in [0.3, 0.4) is 0 Å². The third-order valence-corrected chi connectivity index (χ3v) is 13.3. The van der Waals surface area contributed by atoms with Gasteiger partial charge in [-0.1, -0.05) is 72.8 Å². The molecule has 6 aromatic carbocycles. The zero-order valence-electron chi connectivity index (χ0n) is 47.6. The Labute approximate surface area is 520 Å². The number of aliphatic carboxylic acids is 1. The zero-order valence-corrected chi connectivity index (χ0v) is 51.9. The van der Waals surface area contributed by atoms with Crippen LogP contribution >= 0.6 is 37.2 Å². The van der Waals surface area contributed by atoms with E-state index in [0.29, 0.717) is 60.8 Å². The molecule has 0 atom stereocenters. The van der Waals surface area contributed by atoms with Crippen LogP contribution in [0.5, 0.6) is 0 Å². The Morgan fingerprint density at radius 2 is 0.930 bits per heavy atom. The number of carboxylic acids is 1. The summed E-state index contributed by atoms with van der Waals surface area (Å²) in [6, 6.07) is 47.6. The molecule has 2 aliphatic rings. The number of alkyl halides is 2. The minimum absolute atomic E-state index is 0.173. The molecule has 0 radical (unpaired) electrons. The lowest BCUT2D eigenvalue weighted by Gasteiger charge is -2.37. The molecule has 0 amide bonds. The monoisotopic (exact) mass is 1410 g/mol. The highest BCUT2D eigenvalue weighted by molar-refractivity contribution is 15.0. The number of carboxylic acid groups (broad SMARTS) is 1. The van der Waals surface area contributed by atoms with Gasteiger partial charge in [0.1, 0.15) is 59.2 Å². The van der Waals surface area contributed by atoms with E-state index in [1.165, 1.54) is 36.4 Å². The van der Waals surface area contributed by atoms with Crippen LogP contribution in [0.1, 0.15) is 46.5 Å². The van der Waals surface area contributed by atoms with Crippen molar-refractivity contribution in [2.45, 2.75) is 63.4 Å². The lowest BCUT2D eigenvalue weighted by Crippen LogP contribution is -2.45. The van der Waals surface area contributed by atoms with Crippen molar-refractivity contribution < 1.29 is 50.9 Å². The van der Waals surface area contributed by atoms with Crippen LogP contribution in [0.25, 0.3) is 0 Å². The fourth-order valence-corrected chi connectivity index (χ4v) is 9.25. The van der Waals surface area contributed by atoms with Crippen LogP contribution < -0.4 is 24.9 Å². The summed E-state index contributed by atoms with van der Waals surface area (Å²) in [5, 5.41) is 11.8. The van der Waals surface area contributed by atoms with Gasteiger partial charge in [-0.25, -0.2) is 41.5 Å². The van der Waals surface area contributed by atoms with Crippen LogP contribution in [-0.4, -0.2) is 107 Å². The van der Waals surface area contributed by atoms with E-state index in [1.807, 2.05) is 117 Å². The Morgan fingerprint density at radius 1 is 0.547 bits per heavy atom. The van der Waals surface area contributed by atoms with Gasteiger partial charge < -0.3 is 34.4 Å². The van der Waals surface area contributed by atoms with E-state index in [2.05, 4.69) is 52.5 Å². The molecule has 0 saturated carbocycles. The lowest BCUT2D eigenvalue weighted by molar-refractivity contribution is -0.161. The number of benzene rings is 6. The van der Waals surface area contributed by atoms with Crippen molar-refractivity contribution in [3.05, 3.63) is 206 Å². The first-order chi connectivity index (χ1) is 41.4. The van der Waals surface area contributed by atoms with Crippen LogP contribution in [-0.2, 0) is 23.8 Å². The highest BCUT2D eigenvalue weighted by atomic mass is 128. The number of aromatic nitrogens is 4. The molecule has 2 aliphatic heterocycles. The second-order valence-corrected chi connectivity index (χ2v) is 21.0. The van der Waals surface area contributed by atoms with Crippen molar-refractivity contribution in [2.75, 3.05) is 77.5 Å². The number of carbonyl (C=O) groups is 2. The fourth-order valence-electron chi connectivity index (χ4n) is 9.25. The first kappa shape index (κ1) is 66.0. The average molecular weight is 1410 g/mol. The second kappa shape index (κ2) is 32.3. The molecule has 0 spiro atoms. The van der Waals surface area contributed by atoms with Gasteiger partial charge in [0.2, 0.25) is 0 Å². The van der Waals surface area contributed by atoms with Gasteiger partial charge in [-0.05, 0) is 112 Å². The van der Waals surface area contributed by atoms with Crippen molar-refractivity contribution in [3.8, 4) is 0 Å². The van der Waals surface area contributed by atoms with Crippen LogP contribution in [0.15, 0.2) is 189 Å². The number of para-hydroxylation sites is 3. The number of hydrogen-bond donors (Lipinski definition) is 2. The van der Waals surface area contributed by atoms with Gasteiger partial charge in [0.05, 0.1) is 49.4 Å². The third kappa shape index (κ3) is 20.6. The summed E-state index contributed by atoms with van der Waals surface area (Å²) in [4.78, 5) is 48.2. The van der Waals surface area contributed by atoms with Gasteiger partial charge in [-0.15, -0.1) is 0 Å². The van der Waals surface area contributed by atoms with Crippen LogP contribution in [0.4, 0.5) is 79.3 Å². The molecule has 0 unspecified atom stereocenters. The highest BCUT2D eigenvalue weighted by Gasteiger charge is 2.37. The first-order valence-corrected chi connectivity index (χ1v) is 33.7. The van der Waals surface area contributed by atoms with Gasteiger partial charge in [0.15, 0.2) is 11.6 Å². The number of carbonyl (C=O) groups excluding carboxylic acids is 1. The number of rotatable bonds is 18. The van der Waals surface area contributed by atoms with Gasteiger partial charge in [-0.2, -0.15) is 0 Å². The molecule has 2 saturated heterocycles. The molecule has 452 valence electrons. The third-order valence-electron chi connectivity index (χ3n) is 13.3. The molecule has 86 heavy (non-hydrogen) atoms. The molecule has 22 heteroatoms. The number of ether oxygens (including phenoxy) is 3. The SMILES string of the molecule is CC(C)(C)OC(=O)COCC1(F)CCN(c2cncc(N(c3ccccc3)c3cccc(F)c3)n2)CC1.Fc1cccc(Nc2ccccc2)c1.II.O=C(O)COCC1(F)CCN(c2cncc(N(c3ccccc3)c3cccc(F)c3)n2)CC1. The molecule has 15 nitrogen and oxygen atoms in total. The van der Waals surface area contributed by atoms with E-state index in [-0.39, 0.29) is 63.0 Å². The van der Waals surface area contributed by atoms with E-state index >= 15 is 4.39 Å². The zero-order chi connectivity index (χ0) is 61.5. The van der Waals surface area contributed by atoms with E-state index in [4.69, 9.17) is 29.3 Å². The average Bonchev–Trinajstić information content (AvgIpc) is 1.54. The molecule has 2 aromatic heterocycles. The van der Waals surface area contributed by atoms with Crippen molar-refractivity contribution in [1.29, 1.82) is 0 Å². The standard InChI is InChI=1S/C28H32F2N4O3.C24H24F2N4O3.C12H10FN.I2/c1-27(2,3)37-26(35)19-36-20-28(30)12-14-33(15-13-28)24-17-31-18-25(32-24)34(22-9-5-4-6-10-22)23-11-7-8-21(29)16-23;25-18-5-4-8-20(13-18)30(19-6-2-1-3-7-19)22-15-27-14-21(28-22)29-11-9-24(26,10-12-29)17-33-16-23(31)32;13-10-5-4-8-12(9-10)14-11-6-2-1-3-7-11;1-2/h4-11,16-18H,12-15,19-20H2,1-3H3;1-8,13-15H,9-12,16-17H2,(H,31,32);1-9,14H;. The molecule has 0 aliphatic carbocycles. The molecule has 2 N–H and O–H groups in total. The molecular weight excluding hydrogens is 1340 g/mol. The number of esters is 1. The number of nitrogens with one attached hydrogen (secondary N) is 1. The number of hydrogen-bond acceptors (Lipinski definition) is 14. The van der Waals surface area contributed by atoms with E-state index in [1.54, 1.807) is 75.9 Å². The Hall–Kier alpha value is -7.55. The van der Waals surface area contributed by atoms with Gasteiger partial charge in [0, 0.05) is 112 Å². The summed E-state index contributed by atoms with van der Waals surface area (Å²) in [5.41, 5.74) is 0.810. The molecule has 10 rings (SSSR count). The predicted molar refractivity (Wildman–Crippen MR) is 343 cm³/mol. The van der Waals surface area contributed by atoms with Crippen molar-refractivity contribution in [3.63, 3.8) is 0 Å². The Morgan fingerprint density at radius 3 is 1.34 bits per heavy atom. The summed E-state index contributed by atoms with van der Waals surface area (Å²) in [5.74, 6) is -0.370. The smallest absolute Gasteiger partial charge is 0.332 e. The summed E-state index contributed by atoms with van der Waals surface area (Å²) >= 11 is 4.24. The van der Waals surface area contributed by atoms with Gasteiger partial charge >= 0.3 is 11.9 Å². The first-order valence-electron chi connectivity index (χ1n) is 27.4. The summed E-state index contributed by atoms with van der Waals surface area (Å²) < 4.78 is 86.7. The minimum Gasteiger partial charge on any atom is -0.480 e. The topological polar surface area (TPSA) is 159 Å². The maximum absolute atomic E-state index is 15.4. The minimum atomic E-state index is -1.57. The Balaban J connectivity index is 0.000000197. The van der Waals surface area contributed by atoms with Crippen molar-refractivity contribution in [1.82, 2.24) is 19.9 Å². The normalized spacial score (nSPS) is 14.1. The van der Waals surface area contributed by atoms with E-state index in [0.717, 1.165) is 22.7 Å². The summed E-state index contributed by atoms with van der Waals surface area (Å²) in [6.45, 7) is 5.69. The highest BCUT2D eigenvalue weighted by Crippen LogP contribution is 2.37. The quantitative estimate of drug-likeness (QED) is 0.0474. The van der Waals surface area contributed by atoms with Crippen LogP contribution in [0.2, 0.25) is 0 Å². The number of nitrogens with zero attached hydrogens (tertiary/aromatic N) is 8. The molecule has 4 heterocycles.